The number of hydrogen-bond acceptors (Lipinski definition) is 4. The third-order valence-electron chi connectivity index (χ3n) is 13.0. The third kappa shape index (κ3) is 5.66. The highest BCUT2D eigenvalue weighted by molar-refractivity contribution is 6.17. The summed E-state index contributed by atoms with van der Waals surface area (Å²) in [6, 6.07) is 65.0. The van der Waals surface area contributed by atoms with Crippen LogP contribution in [0.25, 0.3) is 116 Å². The molecular formula is C58H42N4O. The average Bonchev–Trinajstić information content (AvgIpc) is 3.95. The highest BCUT2D eigenvalue weighted by atomic mass is 16.3. The molecular weight excluding hydrogens is 769 g/mol. The largest absolute Gasteiger partial charge is 0.456 e. The van der Waals surface area contributed by atoms with Crippen molar-refractivity contribution in [3.8, 4) is 51.0 Å². The van der Waals surface area contributed by atoms with E-state index >= 15 is 0 Å². The van der Waals surface area contributed by atoms with Crippen LogP contribution in [0.15, 0.2) is 186 Å². The van der Waals surface area contributed by atoms with Gasteiger partial charge in [-0.15, -0.1) is 0 Å². The molecule has 0 fully saturated rings. The predicted molar refractivity (Wildman–Crippen MR) is 262 cm³/mol. The molecule has 63 heavy (non-hydrogen) atoms. The van der Waals surface area contributed by atoms with Crippen LogP contribution in [0, 0.1) is 0 Å². The molecule has 5 nitrogen and oxygen atoms in total. The number of furan rings is 1. The lowest BCUT2D eigenvalue weighted by molar-refractivity contribution is 0.660. The molecule has 0 radical (unpaired) electrons. The number of para-hydroxylation sites is 2. The first-order valence-electron chi connectivity index (χ1n) is 21.8. The predicted octanol–water partition coefficient (Wildman–Crippen LogP) is 15.5. The van der Waals surface area contributed by atoms with Crippen molar-refractivity contribution in [2.75, 3.05) is 0 Å². The molecule has 1 aliphatic carbocycles. The van der Waals surface area contributed by atoms with Gasteiger partial charge in [0.15, 0.2) is 11.6 Å². The van der Waals surface area contributed by atoms with Crippen molar-refractivity contribution < 1.29 is 4.42 Å². The van der Waals surface area contributed by atoms with E-state index in [0.29, 0.717) is 17.6 Å². The number of fused-ring (bicyclic) bond motifs is 11. The molecule has 0 amide bonds. The fourth-order valence-electron chi connectivity index (χ4n) is 9.98. The SMILES string of the molecule is CC.CC1(C)c2ccccc2-c2ccc(-c3cccc4c5cc6ccccc6cc5n(-c5nc(-c6ccc7ccccc7c6)nc(-c6ccc7c(c6)oc6ccccc67)n5)c34)cc21. The zero-order valence-corrected chi connectivity index (χ0v) is 35.5. The molecule has 0 bridgehead atoms. The molecule has 0 aliphatic heterocycles. The normalized spacial score (nSPS) is 12.9. The van der Waals surface area contributed by atoms with Crippen LogP contribution in [0.4, 0.5) is 0 Å². The number of hydrogen-bond donors (Lipinski definition) is 0. The number of aromatic nitrogens is 4. The molecule has 0 saturated carbocycles. The Bertz CT molecular complexity index is 3810. The van der Waals surface area contributed by atoms with Crippen LogP contribution in [0.2, 0.25) is 0 Å². The number of rotatable bonds is 4. The minimum atomic E-state index is -0.140. The smallest absolute Gasteiger partial charge is 0.238 e. The fraction of sp³-hybridized carbons (Fsp3) is 0.0862. The van der Waals surface area contributed by atoms with Gasteiger partial charge >= 0.3 is 0 Å². The molecule has 0 saturated heterocycles. The summed E-state index contributed by atoms with van der Waals surface area (Å²) in [7, 11) is 0. The molecule has 0 unspecified atom stereocenters. The third-order valence-corrected chi connectivity index (χ3v) is 13.0. The van der Waals surface area contributed by atoms with Crippen molar-refractivity contribution in [1.82, 2.24) is 19.5 Å². The Morgan fingerprint density at radius 2 is 1.02 bits per heavy atom. The second kappa shape index (κ2) is 14.1. The number of nitrogens with zero attached hydrogens (tertiary/aromatic N) is 4. The van der Waals surface area contributed by atoms with Crippen LogP contribution >= 0.6 is 0 Å². The molecule has 9 aromatic carbocycles. The first-order chi connectivity index (χ1) is 31.0. The van der Waals surface area contributed by atoms with Crippen LogP contribution in [-0.2, 0) is 5.41 Å². The van der Waals surface area contributed by atoms with Crippen molar-refractivity contribution in [2.45, 2.75) is 33.1 Å². The Kier molecular flexibility index (Phi) is 8.25. The summed E-state index contributed by atoms with van der Waals surface area (Å²) < 4.78 is 8.66. The molecule has 5 heteroatoms. The van der Waals surface area contributed by atoms with Gasteiger partial charge in [0.2, 0.25) is 5.95 Å². The lowest BCUT2D eigenvalue weighted by atomic mass is 9.81. The van der Waals surface area contributed by atoms with Crippen molar-refractivity contribution in [1.29, 1.82) is 0 Å². The Balaban J connectivity index is 0.00000208. The molecule has 13 rings (SSSR count). The van der Waals surface area contributed by atoms with E-state index in [2.05, 4.69) is 182 Å². The Morgan fingerprint density at radius 1 is 0.413 bits per heavy atom. The minimum absolute atomic E-state index is 0.140. The monoisotopic (exact) mass is 810 g/mol. The van der Waals surface area contributed by atoms with Crippen molar-refractivity contribution in [2.24, 2.45) is 0 Å². The lowest BCUT2D eigenvalue weighted by Gasteiger charge is -2.22. The van der Waals surface area contributed by atoms with Crippen LogP contribution in [-0.4, -0.2) is 19.5 Å². The summed E-state index contributed by atoms with van der Waals surface area (Å²) >= 11 is 0. The van der Waals surface area contributed by atoms with Crippen LogP contribution in [0.5, 0.6) is 0 Å². The number of benzene rings is 9. The molecule has 3 aromatic heterocycles. The maximum Gasteiger partial charge on any atom is 0.238 e. The first kappa shape index (κ1) is 36.9. The van der Waals surface area contributed by atoms with E-state index < -0.39 is 0 Å². The van der Waals surface area contributed by atoms with E-state index in [0.717, 1.165) is 82.2 Å². The summed E-state index contributed by atoms with van der Waals surface area (Å²) in [6.07, 6.45) is 0. The molecule has 0 N–H and O–H groups in total. The van der Waals surface area contributed by atoms with Gasteiger partial charge < -0.3 is 4.42 Å². The van der Waals surface area contributed by atoms with Gasteiger partial charge in [0.05, 0.1) is 11.0 Å². The zero-order chi connectivity index (χ0) is 42.4. The maximum atomic E-state index is 6.39. The van der Waals surface area contributed by atoms with Gasteiger partial charge in [0.1, 0.15) is 11.2 Å². The van der Waals surface area contributed by atoms with E-state index in [9.17, 15) is 0 Å². The van der Waals surface area contributed by atoms with E-state index in [-0.39, 0.29) is 5.41 Å². The summed E-state index contributed by atoms with van der Waals surface area (Å²) in [4.78, 5) is 16.1. The second-order valence-corrected chi connectivity index (χ2v) is 16.8. The van der Waals surface area contributed by atoms with Gasteiger partial charge in [0, 0.05) is 43.7 Å². The van der Waals surface area contributed by atoms with E-state index in [1.165, 1.54) is 27.6 Å². The molecule has 1 aliphatic rings. The van der Waals surface area contributed by atoms with Gasteiger partial charge in [0.25, 0.3) is 0 Å². The topological polar surface area (TPSA) is 56.7 Å². The van der Waals surface area contributed by atoms with Gasteiger partial charge in [-0.25, -0.2) is 4.98 Å². The van der Waals surface area contributed by atoms with Crippen molar-refractivity contribution >= 4 is 65.3 Å². The minimum Gasteiger partial charge on any atom is -0.456 e. The highest BCUT2D eigenvalue weighted by Crippen LogP contribution is 2.50. The van der Waals surface area contributed by atoms with Crippen molar-refractivity contribution in [3.05, 3.63) is 193 Å². The highest BCUT2D eigenvalue weighted by Gasteiger charge is 2.35. The zero-order valence-electron chi connectivity index (χ0n) is 35.5. The summed E-state index contributed by atoms with van der Waals surface area (Å²) in [6.45, 7) is 8.68. The molecule has 3 heterocycles. The van der Waals surface area contributed by atoms with Gasteiger partial charge in [-0.2, -0.15) is 9.97 Å². The van der Waals surface area contributed by atoms with Gasteiger partial charge in [-0.05, 0) is 91.8 Å². The summed E-state index contributed by atoms with van der Waals surface area (Å²) in [5, 5.41) is 9.04. The van der Waals surface area contributed by atoms with Crippen molar-refractivity contribution in [3.63, 3.8) is 0 Å². The van der Waals surface area contributed by atoms with Crippen LogP contribution in [0.3, 0.4) is 0 Å². The Morgan fingerprint density at radius 3 is 1.84 bits per heavy atom. The lowest BCUT2D eigenvalue weighted by Crippen LogP contribution is -2.14. The maximum absolute atomic E-state index is 6.39. The first-order valence-corrected chi connectivity index (χ1v) is 21.8. The summed E-state index contributed by atoms with van der Waals surface area (Å²) in [5.41, 5.74) is 12.9. The molecule has 300 valence electrons. The Labute approximate surface area is 365 Å². The average molecular weight is 811 g/mol. The second-order valence-electron chi connectivity index (χ2n) is 16.8. The summed E-state index contributed by atoms with van der Waals surface area (Å²) in [5.74, 6) is 1.72. The fourth-order valence-corrected chi connectivity index (χ4v) is 9.98. The van der Waals surface area contributed by atoms with Gasteiger partial charge in [-0.1, -0.05) is 167 Å². The van der Waals surface area contributed by atoms with E-state index in [4.69, 9.17) is 19.4 Å². The Hall–Kier alpha value is -7.89. The quantitative estimate of drug-likeness (QED) is 0.178. The molecule has 0 atom stereocenters. The van der Waals surface area contributed by atoms with E-state index in [1.807, 2.05) is 32.0 Å². The molecule has 0 spiro atoms. The molecule has 12 aromatic rings. The van der Waals surface area contributed by atoms with Crippen LogP contribution < -0.4 is 0 Å². The van der Waals surface area contributed by atoms with Gasteiger partial charge in [-0.3, -0.25) is 4.57 Å². The standard InChI is InChI=1S/C56H36N4O.C2H6/c1-56(2)47-20-9-7-16-41(47)42-26-24-37(30-48(42)56)40-18-11-19-45-46-29-35-14-5-6-15-36(35)31-49(46)60(52(40)45)55-58-53(38-23-22-33-12-3-4-13-34(33)28-38)57-54(59-55)39-25-27-44-43-17-8-10-21-50(43)61-51(44)32-39;1-2/h3-32H,1-2H3;1-2H3. The van der Waals surface area contributed by atoms with E-state index in [1.54, 1.807) is 0 Å². The van der Waals surface area contributed by atoms with Crippen LogP contribution in [0.1, 0.15) is 38.8 Å².